The number of benzene rings is 1. The van der Waals surface area contributed by atoms with Crippen LogP contribution in [0.25, 0.3) is 0 Å². The van der Waals surface area contributed by atoms with Gasteiger partial charge >= 0.3 is 0 Å². The average Bonchev–Trinajstić information content (AvgIpc) is 2.55. The van der Waals surface area contributed by atoms with Gasteiger partial charge in [-0.3, -0.25) is 9.79 Å². The van der Waals surface area contributed by atoms with Gasteiger partial charge in [-0.25, -0.2) is 8.78 Å². The minimum absolute atomic E-state index is 0. The molecule has 5 nitrogen and oxygen atoms in total. The van der Waals surface area contributed by atoms with E-state index in [1.54, 1.807) is 7.05 Å². The molecule has 146 valence electrons. The molecule has 1 amide bonds. The lowest BCUT2D eigenvalue weighted by atomic mass is 9.95. The summed E-state index contributed by atoms with van der Waals surface area (Å²) in [6.07, 6.45) is 2.33. The number of amides is 1. The lowest BCUT2D eigenvalue weighted by molar-refractivity contribution is -0.119. The van der Waals surface area contributed by atoms with E-state index in [-0.39, 0.29) is 41.7 Å². The summed E-state index contributed by atoms with van der Waals surface area (Å²) in [6.45, 7) is 3.94. The second-order valence-corrected chi connectivity index (χ2v) is 6.62. The zero-order valence-corrected chi connectivity index (χ0v) is 17.5. The van der Waals surface area contributed by atoms with E-state index in [1.807, 2.05) is 6.92 Å². The van der Waals surface area contributed by atoms with Gasteiger partial charge in [0.15, 0.2) is 5.96 Å². The first-order chi connectivity index (χ1) is 11.9. The van der Waals surface area contributed by atoms with Crippen LogP contribution in [-0.2, 0) is 4.79 Å². The number of primary amides is 1. The van der Waals surface area contributed by atoms with E-state index in [0.717, 1.165) is 38.0 Å². The molecule has 26 heavy (non-hydrogen) atoms. The number of carbonyl (C=O) groups excluding carboxylic acids is 1. The number of nitrogens with two attached hydrogens (primary N) is 1. The van der Waals surface area contributed by atoms with Gasteiger partial charge in [-0.15, -0.1) is 24.0 Å². The third kappa shape index (κ3) is 6.37. The van der Waals surface area contributed by atoms with Crippen LogP contribution in [0, 0.1) is 17.6 Å². The van der Waals surface area contributed by atoms with Gasteiger partial charge in [-0.2, -0.15) is 0 Å². The van der Waals surface area contributed by atoms with Gasteiger partial charge in [0, 0.05) is 45.1 Å². The smallest absolute Gasteiger partial charge is 0.217 e. The van der Waals surface area contributed by atoms with Crippen molar-refractivity contribution in [1.82, 2.24) is 10.2 Å². The van der Waals surface area contributed by atoms with E-state index >= 15 is 0 Å². The van der Waals surface area contributed by atoms with E-state index in [2.05, 4.69) is 15.2 Å². The molecule has 1 aromatic carbocycles. The number of hydrogen-bond acceptors (Lipinski definition) is 2. The number of carbonyl (C=O) groups is 1. The third-order valence-corrected chi connectivity index (χ3v) is 4.58. The Bertz CT molecular complexity index is 642. The maximum Gasteiger partial charge on any atom is 0.217 e. The molecule has 2 rings (SSSR count). The van der Waals surface area contributed by atoms with Crippen molar-refractivity contribution in [3.8, 4) is 0 Å². The van der Waals surface area contributed by atoms with Crippen molar-refractivity contribution in [3.63, 3.8) is 0 Å². The molecule has 1 heterocycles. The van der Waals surface area contributed by atoms with E-state index in [9.17, 15) is 13.6 Å². The van der Waals surface area contributed by atoms with Crippen LogP contribution in [-0.4, -0.2) is 43.4 Å². The first-order valence-corrected chi connectivity index (χ1v) is 8.59. The Morgan fingerprint density at radius 3 is 2.81 bits per heavy atom. The van der Waals surface area contributed by atoms with Crippen LogP contribution < -0.4 is 11.1 Å². The number of piperidine rings is 1. The number of rotatable bonds is 5. The second kappa shape index (κ2) is 10.6. The van der Waals surface area contributed by atoms with Crippen molar-refractivity contribution in [2.45, 2.75) is 32.1 Å². The molecule has 0 radical (unpaired) electrons. The number of halogens is 3. The number of nitrogens with zero attached hydrogens (tertiary/aromatic N) is 2. The molecule has 0 aliphatic carbocycles. The number of nitrogens with one attached hydrogen (secondary N) is 1. The van der Waals surface area contributed by atoms with Gasteiger partial charge in [-0.1, -0.05) is 13.0 Å². The fourth-order valence-corrected chi connectivity index (χ4v) is 3.30. The van der Waals surface area contributed by atoms with Gasteiger partial charge in [-0.05, 0) is 30.4 Å². The molecule has 8 heteroatoms. The van der Waals surface area contributed by atoms with Crippen LogP contribution >= 0.6 is 24.0 Å². The molecular formula is C18H27F2IN4O. The lowest BCUT2D eigenvalue weighted by Crippen LogP contribution is -2.47. The van der Waals surface area contributed by atoms with Crippen molar-refractivity contribution >= 4 is 35.8 Å². The van der Waals surface area contributed by atoms with Crippen LogP contribution in [0.2, 0.25) is 0 Å². The number of guanidine groups is 1. The molecule has 0 aromatic heterocycles. The van der Waals surface area contributed by atoms with Gasteiger partial charge in [0.2, 0.25) is 5.91 Å². The Kier molecular flexibility index (Phi) is 9.24. The highest BCUT2D eigenvalue weighted by Crippen LogP contribution is 2.21. The Hall–Kier alpha value is -1.45. The van der Waals surface area contributed by atoms with Gasteiger partial charge < -0.3 is 16.0 Å². The summed E-state index contributed by atoms with van der Waals surface area (Å²) in [7, 11) is 1.70. The Morgan fingerprint density at radius 1 is 1.46 bits per heavy atom. The van der Waals surface area contributed by atoms with Gasteiger partial charge in [0.05, 0.1) is 0 Å². The minimum Gasteiger partial charge on any atom is -0.370 e. The van der Waals surface area contributed by atoms with E-state index in [0.29, 0.717) is 18.5 Å². The van der Waals surface area contributed by atoms with Crippen LogP contribution in [0.4, 0.5) is 8.78 Å². The van der Waals surface area contributed by atoms with Gasteiger partial charge in [0.1, 0.15) is 11.6 Å². The van der Waals surface area contributed by atoms with Gasteiger partial charge in [0.25, 0.3) is 0 Å². The molecule has 1 aliphatic rings. The molecule has 0 bridgehead atoms. The summed E-state index contributed by atoms with van der Waals surface area (Å²) in [6, 6.07) is 3.64. The zero-order chi connectivity index (χ0) is 18.4. The first kappa shape index (κ1) is 22.6. The zero-order valence-electron chi connectivity index (χ0n) is 15.2. The molecular weight excluding hydrogens is 453 g/mol. The molecule has 2 atom stereocenters. The Morgan fingerprint density at radius 2 is 2.19 bits per heavy atom. The van der Waals surface area contributed by atoms with E-state index in [1.165, 1.54) is 12.1 Å². The number of aliphatic imine (C=N–C) groups is 1. The Labute approximate surface area is 170 Å². The summed E-state index contributed by atoms with van der Waals surface area (Å²) in [5.74, 6) is -0.575. The standard InChI is InChI=1S/C18H26F2N4O.HI/c1-12(15-6-5-14(19)9-16(15)20)10-23-18(22-2)24-7-3-4-13(11-24)8-17(21)25;/h5-6,9,12-13H,3-4,7-8,10-11H2,1-2H3,(H2,21,25)(H,22,23);1H. The first-order valence-electron chi connectivity index (χ1n) is 8.59. The maximum atomic E-state index is 13.9. The van der Waals surface area contributed by atoms with Crippen LogP contribution in [0.5, 0.6) is 0 Å². The van der Waals surface area contributed by atoms with Crippen LogP contribution in [0.1, 0.15) is 37.7 Å². The highest BCUT2D eigenvalue weighted by Gasteiger charge is 2.24. The average molecular weight is 480 g/mol. The summed E-state index contributed by atoms with van der Waals surface area (Å²) in [5.41, 5.74) is 5.77. The third-order valence-electron chi connectivity index (χ3n) is 4.58. The SMILES string of the molecule is CN=C(NCC(C)c1ccc(F)cc1F)N1CCCC(CC(N)=O)C1.I. The maximum absolute atomic E-state index is 13.9. The molecule has 1 aliphatic heterocycles. The molecule has 2 unspecified atom stereocenters. The van der Waals surface area contributed by atoms with Crippen molar-refractivity contribution in [3.05, 3.63) is 35.4 Å². The number of hydrogen-bond donors (Lipinski definition) is 2. The van der Waals surface area contributed by atoms with Crippen LogP contribution in [0.3, 0.4) is 0 Å². The number of likely N-dealkylation sites (tertiary alicyclic amines) is 1. The highest BCUT2D eigenvalue weighted by atomic mass is 127. The molecule has 1 fully saturated rings. The monoisotopic (exact) mass is 480 g/mol. The van der Waals surface area contributed by atoms with E-state index in [4.69, 9.17) is 5.73 Å². The molecule has 1 saturated heterocycles. The summed E-state index contributed by atoms with van der Waals surface area (Å²) in [5, 5.41) is 3.25. The fraction of sp³-hybridized carbons (Fsp3) is 0.556. The molecule has 3 N–H and O–H groups in total. The second-order valence-electron chi connectivity index (χ2n) is 6.62. The summed E-state index contributed by atoms with van der Waals surface area (Å²) >= 11 is 0. The van der Waals surface area contributed by atoms with Crippen molar-refractivity contribution in [2.75, 3.05) is 26.7 Å². The summed E-state index contributed by atoms with van der Waals surface area (Å²) in [4.78, 5) is 17.5. The predicted molar refractivity (Wildman–Crippen MR) is 110 cm³/mol. The summed E-state index contributed by atoms with van der Waals surface area (Å²) < 4.78 is 26.9. The van der Waals surface area contributed by atoms with Crippen LogP contribution in [0.15, 0.2) is 23.2 Å². The highest BCUT2D eigenvalue weighted by molar-refractivity contribution is 14.0. The molecule has 1 aromatic rings. The molecule has 0 spiro atoms. The normalized spacial score (nSPS) is 18.8. The largest absolute Gasteiger partial charge is 0.370 e. The molecule has 0 saturated carbocycles. The fourth-order valence-electron chi connectivity index (χ4n) is 3.30. The van der Waals surface area contributed by atoms with Crippen molar-refractivity contribution in [1.29, 1.82) is 0 Å². The van der Waals surface area contributed by atoms with E-state index < -0.39 is 11.6 Å². The topological polar surface area (TPSA) is 70.7 Å². The minimum atomic E-state index is -0.578. The predicted octanol–water partition coefficient (Wildman–Crippen LogP) is 2.85. The van der Waals surface area contributed by atoms with Crippen molar-refractivity contribution in [2.24, 2.45) is 16.6 Å². The quantitative estimate of drug-likeness (QED) is 0.387. The Balaban J connectivity index is 0.00000338. The lowest BCUT2D eigenvalue weighted by Gasteiger charge is -2.35. The van der Waals surface area contributed by atoms with Crippen molar-refractivity contribution < 1.29 is 13.6 Å².